The van der Waals surface area contributed by atoms with Crippen LogP contribution in [0.4, 0.5) is 21.7 Å². The second kappa shape index (κ2) is 13.3. The predicted octanol–water partition coefficient (Wildman–Crippen LogP) is 3.73. The third-order valence-corrected chi connectivity index (χ3v) is 6.36. The maximum absolute atomic E-state index is 14.8. The van der Waals surface area contributed by atoms with Crippen molar-refractivity contribution >= 4 is 34.1 Å². The lowest BCUT2D eigenvalue weighted by molar-refractivity contribution is 0.0399. The number of rotatable bonds is 13. The van der Waals surface area contributed by atoms with Crippen molar-refractivity contribution in [3.63, 3.8) is 0 Å². The van der Waals surface area contributed by atoms with E-state index in [-0.39, 0.29) is 29.3 Å². The second-order valence-electron chi connectivity index (χ2n) is 9.12. The van der Waals surface area contributed by atoms with Crippen molar-refractivity contribution in [3.05, 3.63) is 47.8 Å². The largest absolute Gasteiger partial charge is 0.475 e. The van der Waals surface area contributed by atoms with Crippen molar-refractivity contribution in [1.29, 1.82) is 0 Å². The minimum absolute atomic E-state index is 0.0333. The Morgan fingerprint density at radius 1 is 1.03 bits per heavy atom. The Labute approximate surface area is 221 Å². The van der Waals surface area contributed by atoms with Gasteiger partial charge in [-0.25, -0.2) is 14.4 Å². The summed E-state index contributed by atoms with van der Waals surface area (Å²) in [5.41, 5.74) is 13.0. The highest BCUT2D eigenvalue weighted by molar-refractivity contribution is 5.99. The van der Waals surface area contributed by atoms with Gasteiger partial charge < -0.3 is 36.3 Å². The molecule has 1 amide bonds. The van der Waals surface area contributed by atoms with Gasteiger partial charge in [-0.05, 0) is 50.1 Å². The SMILES string of the molecule is CCOCCOCCOc1ccc2cc(Nc3nc(NC4CCCC[C@@H]4N)c(F)cc3C(N)=O)ccc2n1. The summed E-state index contributed by atoms with van der Waals surface area (Å²) in [7, 11) is 0. The van der Waals surface area contributed by atoms with Gasteiger partial charge in [0, 0.05) is 35.8 Å². The standard InChI is InChI=1S/C27H35FN6O4/c1-2-36-11-12-37-13-14-38-24-10-7-17-15-18(8-9-22(17)32-24)31-26-19(25(30)35)16-20(28)27(34-26)33-23-6-4-3-5-21(23)29/h7-10,15-16,21,23H,2-6,11-14,29H2,1H3,(H2,30,35)(H2,31,33,34)/t21-,23?/m0/s1. The van der Waals surface area contributed by atoms with Crippen LogP contribution in [0.1, 0.15) is 43.0 Å². The summed E-state index contributed by atoms with van der Waals surface area (Å²) in [5.74, 6) is -0.768. The quantitative estimate of drug-likeness (QED) is 0.245. The first kappa shape index (κ1) is 27.5. The molecule has 10 nitrogen and oxygen atoms in total. The van der Waals surface area contributed by atoms with Crippen LogP contribution in [-0.4, -0.2) is 61.0 Å². The molecule has 38 heavy (non-hydrogen) atoms. The van der Waals surface area contributed by atoms with Crippen LogP contribution >= 0.6 is 0 Å². The molecule has 6 N–H and O–H groups in total. The first-order valence-corrected chi connectivity index (χ1v) is 12.9. The van der Waals surface area contributed by atoms with E-state index >= 15 is 0 Å². The van der Waals surface area contributed by atoms with E-state index < -0.39 is 11.7 Å². The zero-order valence-corrected chi connectivity index (χ0v) is 21.5. The van der Waals surface area contributed by atoms with Gasteiger partial charge in [0.2, 0.25) is 5.88 Å². The number of nitrogens with one attached hydrogen (secondary N) is 2. The van der Waals surface area contributed by atoms with Gasteiger partial charge in [-0.15, -0.1) is 0 Å². The Morgan fingerprint density at radius 2 is 1.82 bits per heavy atom. The van der Waals surface area contributed by atoms with E-state index in [1.165, 1.54) is 0 Å². The molecule has 0 spiro atoms. The number of benzene rings is 1. The molecule has 4 rings (SSSR count). The van der Waals surface area contributed by atoms with Gasteiger partial charge in [0.05, 0.1) is 30.9 Å². The average Bonchev–Trinajstić information content (AvgIpc) is 2.91. The molecule has 1 aromatic carbocycles. The predicted molar refractivity (Wildman–Crippen MR) is 144 cm³/mol. The number of nitrogens with two attached hydrogens (primary N) is 2. The number of primary amides is 1. The number of aromatic nitrogens is 2. The number of carbonyl (C=O) groups is 1. The van der Waals surface area contributed by atoms with Crippen LogP contribution in [-0.2, 0) is 9.47 Å². The van der Waals surface area contributed by atoms with Gasteiger partial charge in [-0.2, -0.15) is 0 Å². The molecule has 1 aliphatic carbocycles. The fraction of sp³-hybridized carbons (Fsp3) is 0.444. The fourth-order valence-corrected chi connectivity index (χ4v) is 4.36. The number of nitrogens with zero attached hydrogens (tertiary/aromatic N) is 2. The molecule has 1 fully saturated rings. The third-order valence-electron chi connectivity index (χ3n) is 6.36. The molecular weight excluding hydrogens is 491 g/mol. The molecule has 0 saturated heterocycles. The number of hydrogen-bond acceptors (Lipinski definition) is 9. The fourth-order valence-electron chi connectivity index (χ4n) is 4.36. The van der Waals surface area contributed by atoms with E-state index in [1.54, 1.807) is 12.1 Å². The number of pyridine rings is 2. The lowest BCUT2D eigenvalue weighted by atomic mass is 9.91. The van der Waals surface area contributed by atoms with Crippen molar-refractivity contribution in [3.8, 4) is 5.88 Å². The third kappa shape index (κ3) is 7.27. The van der Waals surface area contributed by atoms with E-state index in [0.717, 1.165) is 42.7 Å². The molecule has 0 bridgehead atoms. The number of ether oxygens (including phenoxy) is 3. The zero-order chi connectivity index (χ0) is 26.9. The summed E-state index contributed by atoms with van der Waals surface area (Å²) < 4.78 is 31.2. The van der Waals surface area contributed by atoms with Gasteiger partial charge in [0.15, 0.2) is 11.6 Å². The lowest BCUT2D eigenvalue weighted by Crippen LogP contribution is -2.43. The van der Waals surface area contributed by atoms with Gasteiger partial charge in [-0.1, -0.05) is 12.8 Å². The number of amides is 1. The number of halogens is 1. The molecule has 2 aromatic heterocycles. The Morgan fingerprint density at radius 3 is 2.61 bits per heavy atom. The average molecular weight is 527 g/mol. The Balaban J connectivity index is 1.45. The van der Waals surface area contributed by atoms with Gasteiger partial charge in [0.1, 0.15) is 12.4 Å². The monoisotopic (exact) mass is 526 g/mol. The summed E-state index contributed by atoms with van der Waals surface area (Å²) in [6.07, 6.45) is 3.75. The molecule has 1 unspecified atom stereocenters. The molecule has 2 atom stereocenters. The van der Waals surface area contributed by atoms with E-state index in [2.05, 4.69) is 20.6 Å². The van der Waals surface area contributed by atoms with Crippen LogP contribution in [0.2, 0.25) is 0 Å². The van der Waals surface area contributed by atoms with Crippen LogP contribution in [0.15, 0.2) is 36.4 Å². The van der Waals surface area contributed by atoms with E-state index in [0.29, 0.717) is 44.6 Å². The summed E-state index contributed by atoms with van der Waals surface area (Å²) >= 11 is 0. The Kier molecular flexibility index (Phi) is 9.63. The summed E-state index contributed by atoms with van der Waals surface area (Å²) in [4.78, 5) is 20.9. The first-order valence-electron chi connectivity index (χ1n) is 12.9. The van der Waals surface area contributed by atoms with Crippen molar-refractivity contribution in [2.75, 3.05) is 43.7 Å². The topological polar surface area (TPSA) is 147 Å². The molecule has 1 aliphatic rings. The van der Waals surface area contributed by atoms with Gasteiger partial charge in [-0.3, -0.25) is 4.79 Å². The highest BCUT2D eigenvalue weighted by atomic mass is 19.1. The van der Waals surface area contributed by atoms with E-state index in [9.17, 15) is 9.18 Å². The second-order valence-corrected chi connectivity index (χ2v) is 9.12. The first-order chi connectivity index (χ1) is 18.4. The maximum Gasteiger partial charge on any atom is 0.252 e. The van der Waals surface area contributed by atoms with Crippen molar-refractivity contribution in [1.82, 2.24) is 9.97 Å². The number of carbonyl (C=O) groups excluding carboxylic acids is 1. The van der Waals surface area contributed by atoms with Crippen LogP contribution in [0.25, 0.3) is 10.9 Å². The maximum atomic E-state index is 14.8. The van der Waals surface area contributed by atoms with E-state index in [4.69, 9.17) is 25.7 Å². The molecule has 1 saturated carbocycles. The van der Waals surface area contributed by atoms with Crippen LogP contribution in [0.5, 0.6) is 5.88 Å². The molecule has 11 heteroatoms. The Bertz CT molecular complexity index is 1240. The van der Waals surface area contributed by atoms with Crippen molar-refractivity contribution < 1.29 is 23.4 Å². The molecule has 0 radical (unpaired) electrons. The van der Waals surface area contributed by atoms with Crippen molar-refractivity contribution in [2.45, 2.75) is 44.7 Å². The van der Waals surface area contributed by atoms with Crippen LogP contribution in [0.3, 0.4) is 0 Å². The smallest absolute Gasteiger partial charge is 0.252 e. The molecule has 2 heterocycles. The number of fused-ring (bicyclic) bond motifs is 1. The highest BCUT2D eigenvalue weighted by Crippen LogP contribution is 2.28. The molecule has 3 aromatic rings. The summed E-state index contributed by atoms with van der Waals surface area (Å²) in [5, 5.41) is 7.06. The summed E-state index contributed by atoms with van der Waals surface area (Å²) in [6.45, 7) is 4.49. The minimum Gasteiger partial charge on any atom is -0.475 e. The molecule has 0 aliphatic heterocycles. The van der Waals surface area contributed by atoms with Gasteiger partial charge >= 0.3 is 0 Å². The summed E-state index contributed by atoms with van der Waals surface area (Å²) in [6, 6.07) is 10.0. The highest BCUT2D eigenvalue weighted by Gasteiger charge is 2.24. The number of anilines is 3. The number of hydrogen-bond donors (Lipinski definition) is 4. The molecule has 204 valence electrons. The lowest BCUT2D eigenvalue weighted by Gasteiger charge is -2.30. The Hall–Kier alpha value is -3.54. The minimum atomic E-state index is -0.786. The van der Waals surface area contributed by atoms with Crippen molar-refractivity contribution in [2.24, 2.45) is 11.5 Å². The van der Waals surface area contributed by atoms with Crippen LogP contribution < -0.4 is 26.8 Å². The van der Waals surface area contributed by atoms with Crippen LogP contribution in [0, 0.1) is 5.82 Å². The normalized spacial score (nSPS) is 17.3. The zero-order valence-electron chi connectivity index (χ0n) is 21.5. The van der Waals surface area contributed by atoms with E-state index in [1.807, 2.05) is 25.1 Å². The van der Waals surface area contributed by atoms with Gasteiger partial charge in [0.25, 0.3) is 5.91 Å². The molecular formula is C27H35FN6O4.